The van der Waals surface area contributed by atoms with Crippen molar-refractivity contribution in [3.63, 3.8) is 0 Å². The standard InChI is InChI=1S/C28H54BO2.3C4H9.Sn/c1-6-11-15-19-23-26(22-18-14-9-4)27(28(30)31-10-5)29(24-20-16-12-7-2)25-21-17-13-8-3;3*1-3-4-2;/h27H,6-21,23-25H2,1-5H3;3*1,3-4H2,2H3;. The zero-order valence-corrected chi connectivity index (χ0v) is 34.6. The first-order valence-corrected chi connectivity index (χ1v) is 27.8. The first-order chi connectivity index (χ1) is 21.5. The molecule has 0 spiro atoms. The molecule has 0 saturated heterocycles. The molecule has 0 bridgehead atoms. The molecule has 0 heterocycles. The van der Waals surface area contributed by atoms with Gasteiger partial charge in [-0.15, -0.1) is 0 Å². The first kappa shape index (κ1) is 44.1. The molecule has 0 aliphatic heterocycles. The Morgan fingerprint density at radius 2 is 0.955 bits per heavy atom. The molecule has 0 aromatic heterocycles. The van der Waals surface area contributed by atoms with E-state index in [1.54, 1.807) is 5.57 Å². The van der Waals surface area contributed by atoms with Gasteiger partial charge in [0.25, 0.3) is 0 Å². The van der Waals surface area contributed by atoms with E-state index in [1.807, 2.05) is 10.5 Å². The van der Waals surface area contributed by atoms with E-state index < -0.39 is 18.4 Å². The van der Waals surface area contributed by atoms with E-state index in [2.05, 4.69) is 48.5 Å². The van der Waals surface area contributed by atoms with Crippen LogP contribution in [-0.2, 0) is 9.53 Å². The third kappa shape index (κ3) is 18.4. The Labute approximate surface area is 283 Å². The fraction of sp³-hybridized carbons (Fsp3) is 0.925. The Hall–Kier alpha value is 0.0736. The van der Waals surface area contributed by atoms with Gasteiger partial charge in [-0.1, -0.05) is 0 Å². The van der Waals surface area contributed by atoms with Crippen LogP contribution < -0.4 is 0 Å². The number of rotatable bonds is 32. The van der Waals surface area contributed by atoms with Crippen LogP contribution in [-0.4, -0.2) is 37.7 Å². The van der Waals surface area contributed by atoms with Gasteiger partial charge >= 0.3 is 285 Å². The molecule has 0 aliphatic rings. The van der Waals surface area contributed by atoms with Gasteiger partial charge in [0.2, 0.25) is 0 Å². The second-order valence-corrected chi connectivity index (χ2v) is 27.5. The third-order valence-corrected chi connectivity index (χ3v) is 26.9. The summed E-state index contributed by atoms with van der Waals surface area (Å²) in [7, 11) is 0. The quantitative estimate of drug-likeness (QED) is 0.0392. The van der Waals surface area contributed by atoms with Gasteiger partial charge in [0.1, 0.15) is 0 Å². The molecule has 0 saturated carbocycles. The fourth-order valence-electron chi connectivity index (χ4n) is 7.72. The predicted molar refractivity (Wildman–Crippen MR) is 204 cm³/mol. The number of esters is 1. The first-order valence-electron chi connectivity index (χ1n) is 20.3. The molecule has 0 N–H and O–H groups in total. The predicted octanol–water partition coefficient (Wildman–Crippen LogP) is 14.4. The van der Waals surface area contributed by atoms with Crippen LogP contribution in [0.1, 0.15) is 197 Å². The normalized spacial score (nSPS) is 13.2. The molecule has 44 heavy (non-hydrogen) atoms. The van der Waals surface area contributed by atoms with Crippen LogP contribution in [0, 0.1) is 0 Å². The summed E-state index contributed by atoms with van der Waals surface area (Å²) in [4.78, 5) is 14.4. The molecule has 260 valence electrons. The number of hydrogen-bond donors (Lipinski definition) is 0. The van der Waals surface area contributed by atoms with Crippen molar-refractivity contribution >= 4 is 31.1 Å². The molecule has 4 heteroatoms. The maximum atomic E-state index is 14.4. The fourth-order valence-corrected chi connectivity index (χ4v) is 26.0. The number of ether oxygens (including phenoxy) is 1. The Bertz CT molecular complexity index is 657. The van der Waals surface area contributed by atoms with Crippen LogP contribution in [0.15, 0.2) is 9.16 Å². The molecule has 0 rings (SSSR count). The second kappa shape index (κ2) is 30.4. The minimum atomic E-state index is -2.77. The number of hydrogen-bond acceptors (Lipinski definition) is 2. The Kier molecular flexibility index (Phi) is 30.5. The summed E-state index contributed by atoms with van der Waals surface area (Å²) in [5.41, 5.74) is 1.67. The van der Waals surface area contributed by atoms with Crippen LogP contribution in [0.3, 0.4) is 0 Å². The van der Waals surface area contributed by atoms with Crippen molar-refractivity contribution in [2.24, 2.45) is 0 Å². The van der Waals surface area contributed by atoms with Gasteiger partial charge in [-0.05, 0) is 0 Å². The van der Waals surface area contributed by atoms with E-state index in [0.29, 0.717) is 13.3 Å². The summed E-state index contributed by atoms with van der Waals surface area (Å²) in [6.07, 6.45) is 31.0. The van der Waals surface area contributed by atoms with Gasteiger partial charge in [-0.25, -0.2) is 0 Å². The summed E-state index contributed by atoms with van der Waals surface area (Å²) in [6, 6.07) is 0. The van der Waals surface area contributed by atoms with Crippen molar-refractivity contribution < 1.29 is 9.53 Å². The summed E-state index contributed by atoms with van der Waals surface area (Å²) < 4.78 is 12.6. The van der Waals surface area contributed by atoms with E-state index in [1.165, 1.54) is 161 Å². The van der Waals surface area contributed by atoms with Crippen LogP contribution in [0.2, 0.25) is 31.8 Å². The van der Waals surface area contributed by atoms with Crippen molar-refractivity contribution in [1.29, 1.82) is 0 Å². The average molecular weight is 724 g/mol. The maximum absolute atomic E-state index is 14.4. The molecule has 0 aromatic rings. The SMILES string of the molecule is CCCCCCB(CCCCCC)C(C(=O)OCC)/C(CCCCCC)=[C](/CCCC)[Sn]([CH2]CCC)([CH2]CCC)[CH2]CCC. The van der Waals surface area contributed by atoms with Crippen molar-refractivity contribution in [2.45, 2.75) is 228 Å². The molecule has 0 aromatic carbocycles. The van der Waals surface area contributed by atoms with E-state index >= 15 is 0 Å². The Morgan fingerprint density at radius 3 is 1.36 bits per heavy atom. The van der Waals surface area contributed by atoms with Gasteiger partial charge in [0.05, 0.1) is 0 Å². The van der Waals surface area contributed by atoms with Crippen molar-refractivity contribution in [3.05, 3.63) is 9.16 Å². The molecule has 1 unspecified atom stereocenters. The van der Waals surface area contributed by atoms with Crippen molar-refractivity contribution in [1.82, 2.24) is 0 Å². The van der Waals surface area contributed by atoms with Crippen molar-refractivity contribution in [3.8, 4) is 0 Å². The van der Waals surface area contributed by atoms with Gasteiger partial charge in [0.15, 0.2) is 0 Å². The summed E-state index contributed by atoms with van der Waals surface area (Å²) in [6.45, 7) is 19.5. The molecular weight excluding hydrogens is 642 g/mol. The molecular formula is C40H81BO2Sn. The summed E-state index contributed by atoms with van der Waals surface area (Å²) >= 11 is -2.77. The van der Waals surface area contributed by atoms with Gasteiger partial charge in [0, 0.05) is 0 Å². The van der Waals surface area contributed by atoms with Crippen LogP contribution >= 0.6 is 0 Å². The number of allylic oxidation sites excluding steroid dienone is 1. The van der Waals surface area contributed by atoms with E-state index in [4.69, 9.17) is 4.74 Å². The van der Waals surface area contributed by atoms with E-state index in [0.717, 1.165) is 6.42 Å². The van der Waals surface area contributed by atoms with Crippen molar-refractivity contribution in [2.75, 3.05) is 6.61 Å². The second-order valence-electron chi connectivity index (χ2n) is 14.2. The topological polar surface area (TPSA) is 26.3 Å². The Morgan fingerprint density at radius 1 is 0.523 bits per heavy atom. The monoisotopic (exact) mass is 725 g/mol. The molecule has 0 aliphatic carbocycles. The third-order valence-electron chi connectivity index (χ3n) is 10.4. The van der Waals surface area contributed by atoms with Gasteiger partial charge < -0.3 is 0 Å². The zero-order chi connectivity index (χ0) is 32.9. The van der Waals surface area contributed by atoms with Crippen LogP contribution in [0.25, 0.3) is 0 Å². The van der Waals surface area contributed by atoms with Crippen LogP contribution in [0.5, 0.6) is 0 Å². The average Bonchev–Trinajstić information content (AvgIpc) is 3.03. The molecule has 0 amide bonds. The summed E-state index contributed by atoms with van der Waals surface area (Å²) in [5.74, 6) is 0.150. The molecule has 2 nitrogen and oxygen atoms in total. The molecule has 0 radical (unpaired) electrons. The summed E-state index contributed by atoms with van der Waals surface area (Å²) in [5, 5.41) is 0. The van der Waals surface area contributed by atoms with Gasteiger partial charge in [-0.3, -0.25) is 0 Å². The Balaban J connectivity index is 7.43. The van der Waals surface area contributed by atoms with Crippen LogP contribution in [0.4, 0.5) is 0 Å². The van der Waals surface area contributed by atoms with Gasteiger partial charge in [-0.2, -0.15) is 0 Å². The minimum absolute atomic E-state index is 0.00707. The zero-order valence-electron chi connectivity index (χ0n) is 31.8. The number of carbonyl (C=O) groups is 1. The van der Waals surface area contributed by atoms with E-state index in [9.17, 15) is 4.79 Å². The number of carbonyl (C=O) groups excluding carboxylic acids is 1. The van der Waals surface area contributed by atoms with E-state index in [-0.39, 0.29) is 11.8 Å². The molecule has 0 fully saturated rings. The molecule has 1 atom stereocenters. The number of unbranched alkanes of at least 4 members (excludes halogenated alkanes) is 13.